The molecule has 3 fully saturated rings. The van der Waals surface area contributed by atoms with E-state index in [2.05, 4.69) is 26.0 Å². The van der Waals surface area contributed by atoms with Gasteiger partial charge < -0.3 is 9.47 Å². The molecule has 0 radical (unpaired) electrons. The molecule has 4 aliphatic rings. The molecule has 1 spiro atoms. The van der Waals surface area contributed by atoms with Crippen molar-refractivity contribution in [3.8, 4) is 0 Å². The van der Waals surface area contributed by atoms with Crippen molar-refractivity contribution in [2.45, 2.75) is 50.9 Å². The van der Waals surface area contributed by atoms with Gasteiger partial charge in [-0.15, -0.1) is 0 Å². The smallest absolute Gasteiger partial charge is 0.181 e. The van der Waals surface area contributed by atoms with E-state index in [-0.39, 0.29) is 16.8 Å². The van der Waals surface area contributed by atoms with E-state index in [0.717, 1.165) is 6.42 Å². The number of ether oxygens (including phenoxy) is 2. The molecule has 0 aromatic rings. The molecule has 5 bridgehead atoms. The third kappa shape index (κ3) is 0.821. The summed E-state index contributed by atoms with van der Waals surface area (Å²) in [6.07, 6.45) is 9.75. The second-order valence-corrected chi connectivity index (χ2v) is 6.75. The normalized spacial score (nSPS) is 58.4. The molecular formula is C15H22O2. The van der Waals surface area contributed by atoms with Crippen LogP contribution in [0.3, 0.4) is 0 Å². The van der Waals surface area contributed by atoms with Crippen LogP contribution >= 0.6 is 0 Å². The molecule has 4 rings (SSSR count). The Labute approximate surface area is 103 Å². The fourth-order valence-electron chi connectivity index (χ4n) is 5.63. The van der Waals surface area contributed by atoms with Crippen molar-refractivity contribution >= 4 is 0 Å². The van der Waals surface area contributed by atoms with E-state index in [0.29, 0.717) is 17.8 Å². The third-order valence-electron chi connectivity index (χ3n) is 6.31. The number of hydrogen-bond acceptors (Lipinski definition) is 2. The van der Waals surface area contributed by atoms with Gasteiger partial charge in [-0.3, -0.25) is 0 Å². The lowest BCUT2D eigenvalue weighted by atomic mass is 9.72. The Bertz CT molecular complexity index is 402. The quantitative estimate of drug-likeness (QED) is 0.683. The summed E-state index contributed by atoms with van der Waals surface area (Å²) in [7, 11) is 1.85. The molecule has 1 heterocycles. The highest BCUT2D eigenvalue weighted by Crippen LogP contribution is 2.77. The van der Waals surface area contributed by atoms with Crippen LogP contribution in [-0.4, -0.2) is 18.5 Å². The van der Waals surface area contributed by atoms with Crippen LogP contribution in [0.5, 0.6) is 0 Å². The van der Waals surface area contributed by atoms with Gasteiger partial charge in [-0.1, -0.05) is 26.0 Å². The summed E-state index contributed by atoms with van der Waals surface area (Å²) in [5, 5.41) is 0. The molecule has 94 valence electrons. The summed E-state index contributed by atoms with van der Waals surface area (Å²) in [6.45, 7) is 4.63. The van der Waals surface area contributed by atoms with Gasteiger partial charge in [-0.05, 0) is 31.6 Å². The van der Waals surface area contributed by atoms with Crippen molar-refractivity contribution < 1.29 is 9.47 Å². The molecule has 0 unspecified atom stereocenters. The van der Waals surface area contributed by atoms with Gasteiger partial charge in [0.05, 0.1) is 5.60 Å². The van der Waals surface area contributed by atoms with Crippen molar-refractivity contribution in [2.75, 3.05) is 7.11 Å². The Morgan fingerprint density at radius 3 is 2.82 bits per heavy atom. The average molecular weight is 234 g/mol. The van der Waals surface area contributed by atoms with Gasteiger partial charge >= 0.3 is 0 Å². The molecular weight excluding hydrogens is 212 g/mol. The summed E-state index contributed by atoms with van der Waals surface area (Å²) in [4.78, 5) is 0. The highest BCUT2D eigenvalue weighted by atomic mass is 16.7. The van der Waals surface area contributed by atoms with Crippen molar-refractivity contribution in [1.29, 1.82) is 0 Å². The minimum atomic E-state index is -0.283. The van der Waals surface area contributed by atoms with Gasteiger partial charge in [0.2, 0.25) is 0 Å². The third-order valence-corrected chi connectivity index (χ3v) is 6.31. The lowest BCUT2D eigenvalue weighted by Gasteiger charge is -2.50. The van der Waals surface area contributed by atoms with Crippen LogP contribution in [0.4, 0.5) is 0 Å². The Balaban J connectivity index is 1.92. The summed E-state index contributed by atoms with van der Waals surface area (Å²) in [6, 6.07) is 0. The Kier molecular flexibility index (Phi) is 1.74. The maximum Gasteiger partial charge on any atom is 0.181 e. The first-order valence-corrected chi connectivity index (χ1v) is 7.04. The topological polar surface area (TPSA) is 18.5 Å². The molecule has 1 saturated heterocycles. The predicted molar refractivity (Wildman–Crippen MR) is 65.4 cm³/mol. The average Bonchev–Trinajstić information content (AvgIpc) is 2.81. The van der Waals surface area contributed by atoms with Crippen molar-refractivity contribution in [2.24, 2.45) is 23.2 Å². The highest BCUT2D eigenvalue weighted by Gasteiger charge is 2.81. The lowest BCUT2D eigenvalue weighted by molar-refractivity contribution is -0.326. The van der Waals surface area contributed by atoms with E-state index >= 15 is 0 Å². The Hall–Kier alpha value is -0.340. The monoisotopic (exact) mass is 234 g/mol. The summed E-state index contributed by atoms with van der Waals surface area (Å²) in [5.74, 6) is 1.60. The van der Waals surface area contributed by atoms with E-state index in [1.54, 1.807) is 0 Å². The first kappa shape index (κ1) is 10.6. The SMILES string of the molecule is CO[C@]12O[C@]3(C(C)C)CC[C@]14C=CC[C@H]2C[C@H]34. The number of methoxy groups -OCH3 is 1. The van der Waals surface area contributed by atoms with Crippen LogP contribution in [0.1, 0.15) is 39.5 Å². The van der Waals surface area contributed by atoms with Crippen molar-refractivity contribution in [3.63, 3.8) is 0 Å². The minimum Gasteiger partial charge on any atom is -0.352 e. The standard InChI is InChI=1S/C15H22O2/c1-10(2)14-8-7-13-6-4-5-11(9-12(13)14)15(13,16-3)17-14/h4,6,10-12H,5,7-9H2,1-3H3/t11-,12-,13-,14-,15+/m0/s1. The summed E-state index contributed by atoms with van der Waals surface area (Å²) >= 11 is 0. The molecule has 5 atom stereocenters. The van der Waals surface area contributed by atoms with E-state index < -0.39 is 0 Å². The van der Waals surface area contributed by atoms with Crippen LogP contribution in [0.2, 0.25) is 0 Å². The maximum atomic E-state index is 6.63. The van der Waals surface area contributed by atoms with Crippen molar-refractivity contribution in [1.82, 2.24) is 0 Å². The molecule has 2 heteroatoms. The molecule has 2 nitrogen and oxygen atoms in total. The van der Waals surface area contributed by atoms with E-state index in [1.165, 1.54) is 19.3 Å². The van der Waals surface area contributed by atoms with Gasteiger partial charge in [0, 0.05) is 24.4 Å². The summed E-state index contributed by atoms with van der Waals surface area (Å²) in [5.41, 5.74) is 0.302. The van der Waals surface area contributed by atoms with E-state index in [4.69, 9.17) is 9.47 Å². The second kappa shape index (κ2) is 2.80. The lowest BCUT2D eigenvalue weighted by Crippen LogP contribution is -2.55. The Morgan fingerprint density at radius 1 is 1.35 bits per heavy atom. The first-order chi connectivity index (χ1) is 8.11. The zero-order valence-corrected chi connectivity index (χ0v) is 11.0. The molecule has 2 saturated carbocycles. The molecule has 0 amide bonds. The minimum absolute atomic E-state index is 0.0984. The maximum absolute atomic E-state index is 6.63. The van der Waals surface area contributed by atoms with Crippen molar-refractivity contribution in [3.05, 3.63) is 12.2 Å². The molecule has 0 aromatic heterocycles. The summed E-state index contributed by atoms with van der Waals surface area (Å²) < 4.78 is 12.6. The molecule has 0 aromatic carbocycles. The van der Waals surface area contributed by atoms with Crippen LogP contribution in [0, 0.1) is 23.2 Å². The number of hydrogen-bond donors (Lipinski definition) is 0. The Morgan fingerprint density at radius 2 is 2.18 bits per heavy atom. The van der Waals surface area contributed by atoms with E-state index in [9.17, 15) is 0 Å². The first-order valence-electron chi connectivity index (χ1n) is 7.04. The van der Waals surface area contributed by atoms with Gasteiger partial charge in [-0.2, -0.15) is 0 Å². The van der Waals surface area contributed by atoms with Gasteiger partial charge in [-0.25, -0.2) is 0 Å². The van der Waals surface area contributed by atoms with Gasteiger partial charge in [0.25, 0.3) is 0 Å². The fraction of sp³-hybridized carbons (Fsp3) is 0.867. The van der Waals surface area contributed by atoms with Crippen LogP contribution in [-0.2, 0) is 9.47 Å². The van der Waals surface area contributed by atoms with Crippen LogP contribution < -0.4 is 0 Å². The number of allylic oxidation sites excluding steroid dienone is 1. The van der Waals surface area contributed by atoms with Gasteiger partial charge in [0.15, 0.2) is 5.79 Å². The highest BCUT2D eigenvalue weighted by molar-refractivity contribution is 5.33. The predicted octanol–water partition coefficient (Wildman–Crippen LogP) is 3.13. The molecule has 1 aliphatic heterocycles. The second-order valence-electron chi connectivity index (χ2n) is 6.75. The zero-order chi connectivity index (χ0) is 11.9. The van der Waals surface area contributed by atoms with Crippen LogP contribution in [0.25, 0.3) is 0 Å². The fourth-order valence-corrected chi connectivity index (χ4v) is 5.63. The van der Waals surface area contributed by atoms with E-state index in [1.807, 2.05) is 7.11 Å². The van der Waals surface area contributed by atoms with Gasteiger partial charge in [0.1, 0.15) is 0 Å². The largest absolute Gasteiger partial charge is 0.352 e. The molecule has 17 heavy (non-hydrogen) atoms. The number of rotatable bonds is 2. The van der Waals surface area contributed by atoms with Crippen LogP contribution in [0.15, 0.2) is 12.2 Å². The zero-order valence-electron chi connectivity index (χ0n) is 11.0. The molecule has 3 aliphatic carbocycles. The molecule has 0 N–H and O–H groups in total.